The van der Waals surface area contributed by atoms with Crippen molar-refractivity contribution in [2.45, 2.75) is 18.9 Å². The summed E-state index contributed by atoms with van der Waals surface area (Å²) < 4.78 is 0. The number of fused-ring (bicyclic) bond motifs is 1. The molecule has 2 aromatic heterocycles. The van der Waals surface area contributed by atoms with E-state index < -0.39 is 0 Å². The van der Waals surface area contributed by atoms with Gasteiger partial charge in [0, 0.05) is 35.6 Å². The van der Waals surface area contributed by atoms with Crippen LogP contribution in [0.15, 0.2) is 48.7 Å². The molecule has 4 heterocycles. The van der Waals surface area contributed by atoms with Crippen molar-refractivity contribution in [1.82, 2.24) is 9.88 Å². The summed E-state index contributed by atoms with van der Waals surface area (Å²) in [5, 5.41) is 0.717. The highest BCUT2D eigenvalue weighted by molar-refractivity contribution is 7.17. The van der Waals surface area contributed by atoms with Crippen molar-refractivity contribution in [3.05, 3.63) is 64.1 Å². The van der Waals surface area contributed by atoms with Crippen LogP contribution in [0.5, 0.6) is 0 Å². The fraction of sp³-hybridized carbons (Fsp3) is 0.333. The molecule has 1 fully saturated rings. The van der Waals surface area contributed by atoms with Crippen LogP contribution in [0, 0.1) is 0 Å². The molecule has 2 aliphatic heterocycles. The predicted octanol–water partition coefficient (Wildman–Crippen LogP) is 4.81. The summed E-state index contributed by atoms with van der Waals surface area (Å²) in [6.45, 7) is 2.69. The van der Waals surface area contributed by atoms with E-state index in [1.54, 1.807) is 11.3 Å². The van der Waals surface area contributed by atoms with E-state index in [1.165, 1.54) is 0 Å². The first-order valence-electron chi connectivity index (χ1n) is 10.6. The van der Waals surface area contributed by atoms with Crippen molar-refractivity contribution < 1.29 is 4.79 Å². The minimum Gasteiger partial charge on any atom is -0.355 e. The number of halogens is 1. The third kappa shape index (κ3) is 3.95. The van der Waals surface area contributed by atoms with E-state index in [0.717, 1.165) is 63.3 Å². The fourth-order valence-corrected chi connectivity index (χ4v) is 5.64. The van der Waals surface area contributed by atoms with Crippen LogP contribution in [0.4, 0.5) is 11.5 Å². The van der Waals surface area contributed by atoms with Crippen LogP contribution in [0.25, 0.3) is 10.4 Å². The molecule has 0 bridgehead atoms. The highest BCUT2D eigenvalue weighted by Crippen LogP contribution is 2.36. The number of nitrogens with zero attached hydrogens (tertiary/aromatic N) is 4. The van der Waals surface area contributed by atoms with Crippen LogP contribution in [0.3, 0.4) is 0 Å². The molecule has 7 heteroatoms. The van der Waals surface area contributed by atoms with E-state index in [9.17, 15) is 4.79 Å². The molecule has 0 aliphatic carbocycles. The lowest BCUT2D eigenvalue weighted by Crippen LogP contribution is -2.36. The number of aromatic nitrogens is 1. The average Bonchev–Trinajstić information content (AvgIpc) is 3.43. The van der Waals surface area contributed by atoms with E-state index in [2.05, 4.69) is 34.9 Å². The van der Waals surface area contributed by atoms with Crippen molar-refractivity contribution in [3.8, 4) is 10.4 Å². The molecular weight excluding hydrogens is 428 g/mol. The fourth-order valence-electron chi connectivity index (χ4n) is 4.35. The molecule has 5 rings (SSSR count). The SMILES string of the molecule is CN(C)[C@@H]1CCN(c2ccc(N3CCc4cc(-c5ccc(Cl)cc5)sc4C3=O)cn2)C1. The highest BCUT2D eigenvalue weighted by Gasteiger charge is 2.29. The number of anilines is 2. The number of amides is 1. The third-order valence-electron chi connectivity index (χ3n) is 6.24. The van der Waals surface area contributed by atoms with Crippen LogP contribution in [0.2, 0.25) is 5.02 Å². The molecule has 0 saturated carbocycles. The summed E-state index contributed by atoms with van der Waals surface area (Å²) in [7, 11) is 4.26. The van der Waals surface area contributed by atoms with Crippen LogP contribution in [-0.2, 0) is 6.42 Å². The van der Waals surface area contributed by atoms with Crippen molar-refractivity contribution in [3.63, 3.8) is 0 Å². The Morgan fingerprint density at radius 3 is 2.61 bits per heavy atom. The number of hydrogen-bond donors (Lipinski definition) is 0. The van der Waals surface area contributed by atoms with E-state index in [4.69, 9.17) is 11.6 Å². The van der Waals surface area contributed by atoms with E-state index in [0.29, 0.717) is 12.6 Å². The zero-order valence-corrected chi connectivity index (χ0v) is 19.3. The number of carbonyl (C=O) groups is 1. The van der Waals surface area contributed by atoms with Gasteiger partial charge in [0.2, 0.25) is 0 Å². The molecular formula is C24H25ClN4OS. The van der Waals surface area contributed by atoms with E-state index >= 15 is 0 Å². The first-order chi connectivity index (χ1) is 15.0. The van der Waals surface area contributed by atoms with Crippen molar-refractivity contribution in [2.75, 3.05) is 43.5 Å². The van der Waals surface area contributed by atoms with Crippen LogP contribution in [-0.4, -0.2) is 55.6 Å². The Morgan fingerprint density at radius 1 is 1.13 bits per heavy atom. The number of rotatable bonds is 4. The molecule has 5 nitrogen and oxygen atoms in total. The van der Waals surface area contributed by atoms with Crippen molar-refractivity contribution in [2.24, 2.45) is 0 Å². The molecule has 0 spiro atoms. The van der Waals surface area contributed by atoms with Gasteiger partial charge in [0.25, 0.3) is 5.91 Å². The Labute approximate surface area is 191 Å². The van der Waals surface area contributed by atoms with Crippen LogP contribution in [0.1, 0.15) is 21.7 Å². The highest BCUT2D eigenvalue weighted by atomic mass is 35.5. The van der Waals surface area contributed by atoms with Gasteiger partial charge in [-0.2, -0.15) is 0 Å². The first-order valence-corrected chi connectivity index (χ1v) is 11.8. The van der Waals surface area contributed by atoms with E-state index in [1.807, 2.05) is 47.5 Å². The topological polar surface area (TPSA) is 39.7 Å². The zero-order chi connectivity index (χ0) is 21.5. The largest absolute Gasteiger partial charge is 0.355 e. The molecule has 0 radical (unpaired) electrons. The molecule has 1 atom stereocenters. The number of hydrogen-bond acceptors (Lipinski definition) is 5. The van der Waals surface area contributed by atoms with Gasteiger partial charge in [-0.3, -0.25) is 4.79 Å². The first kappa shape index (κ1) is 20.5. The molecule has 1 saturated heterocycles. The van der Waals surface area contributed by atoms with Gasteiger partial charge in [-0.25, -0.2) is 4.98 Å². The summed E-state index contributed by atoms with van der Waals surface area (Å²) in [4.78, 5) is 26.3. The van der Waals surface area contributed by atoms with Gasteiger partial charge in [-0.1, -0.05) is 23.7 Å². The Bertz CT molecular complexity index is 1090. The summed E-state index contributed by atoms with van der Waals surface area (Å²) in [6, 6.07) is 14.6. The summed E-state index contributed by atoms with van der Waals surface area (Å²) in [5.74, 6) is 1.05. The average molecular weight is 453 g/mol. The van der Waals surface area contributed by atoms with Gasteiger partial charge >= 0.3 is 0 Å². The Balaban J connectivity index is 1.34. The van der Waals surface area contributed by atoms with Crippen molar-refractivity contribution >= 4 is 40.4 Å². The molecule has 1 amide bonds. The maximum absolute atomic E-state index is 13.2. The minimum absolute atomic E-state index is 0.0647. The molecule has 2 aliphatic rings. The monoisotopic (exact) mass is 452 g/mol. The summed E-state index contributed by atoms with van der Waals surface area (Å²) in [6.07, 6.45) is 3.84. The second-order valence-corrected chi connectivity index (χ2v) is 9.89. The number of carbonyl (C=O) groups excluding carboxylic acids is 1. The summed E-state index contributed by atoms with van der Waals surface area (Å²) in [5.41, 5.74) is 3.09. The maximum atomic E-state index is 13.2. The minimum atomic E-state index is 0.0647. The molecule has 1 aromatic carbocycles. The Morgan fingerprint density at radius 2 is 1.94 bits per heavy atom. The van der Waals surface area contributed by atoms with Gasteiger partial charge < -0.3 is 14.7 Å². The smallest absolute Gasteiger partial charge is 0.268 e. The standard InChI is InChI=1S/C24H25ClN4OS/c1-27(2)20-10-11-28(15-20)22-8-7-19(14-26-22)29-12-9-17-13-21(31-23(17)24(29)30)16-3-5-18(25)6-4-16/h3-8,13-14,20H,9-12,15H2,1-2H3/t20-/m1/s1. The van der Waals surface area contributed by atoms with Gasteiger partial charge in [0.1, 0.15) is 5.82 Å². The lowest BCUT2D eigenvalue weighted by Gasteiger charge is -2.27. The number of likely N-dealkylation sites (N-methyl/N-ethyl adjacent to an activating group) is 1. The van der Waals surface area contributed by atoms with Gasteiger partial charge in [0.15, 0.2) is 0 Å². The predicted molar refractivity (Wildman–Crippen MR) is 129 cm³/mol. The van der Waals surface area contributed by atoms with Crippen LogP contribution >= 0.6 is 22.9 Å². The molecule has 3 aromatic rings. The number of pyridine rings is 1. The molecule has 0 N–H and O–H groups in total. The zero-order valence-electron chi connectivity index (χ0n) is 17.7. The second-order valence-electron chi connectivity index (χ2n) is 8.41. The number of benzene rings is 1. The van der Waals surface area contributed by atoms with Gasteiger partial charge in [0.05, 0.1) is 16.8 Å². The Hall–Kier alpha value is -2.41. The summed E-state index contributed by atoms with van der Waals surface area (Å²) >= 11 is 7.58. The van der Waals surface area contributed by atoms with E-state index in [-0.39, 0.29) is 5.91 Å². The molecule has 160 valence electrons. The normalized spacial score (nSPS) is 18.7. The lowest BCUT2D eigenvalue weighted by molar-refractivity contribution is 0.0985. The van der Waals surface area contributed by atoms with Gasteiger partial charge in [-0.15, -0.1) is 11.3 Å². The number of thiophene rings is 1. The molecule has 0 unspecified atom stereocenters. The van der Waals surface area contributed by atoms with Crippen molar-refractivity contribution in [1.29, 1.82) is 0 Å². The Kier molecular flexibility index (Phi) is 5.46. The third-order valence-corrected chi connectivity index (χ3v) is 7.71. The second kappa shape index (κ2) is 8.26. The quantitative estimate of drug-likeness (QED) is 0.569. The maximum Gasteiger partial charge on any atom is 0.268 e. The van der Waals surface area contributed by atoms with Crippen LogP contribution < -0.4 is 9.80 Å². The lowest BCUT2D eigenvalue weighted by atomic mass is 10.1. The molecule has 31 heavy (non-hydrogen) atoms. The van der Waals surface area contributed by atoms with Gasteiger partial charge in [-0.05, 0) is 68.4 Å².